The molecule has 1 aliphatic heterocycles. The summed E-state index contributed by atoms with van der Waals surface area (Å²) in [5, 5.41) is 1.29. The summed E-state index contributed by atoms with van der Waals surface area (Å²) in [6, 6.07) is 19.7. The van der Waals surface area contributed by atoms with E-state index in [-0.39, 0.29) is 17.6 Å². The molecular formula is C30H18N6O3S5. The van der Waals surface area contributed by atoms with E-state index in [0.717, 1.165) is 52.7 Å². The monoisotopic (exact) mass is 670 g/mol. The summed E-state index contributed by atoms with van der Waals surface area (Å²) in [4.78, 5) is 38.2. The van der Waals surface area contributed by atoms with Crippen molar-refractivity contribution in [3.63, 3.8) is 0 Å². The van der Waals surface area contributed by atoms with Gasteiger partial charge >= 0.3 is 6.09 Å². The van der Waals surface area contributed by atoms with Crippen molar-refractivity contribution in [1.82, 2.24) is 23.2 Å². The minimum Gasteiger partial charge on any atom is -0.444 e. The van der Waals surface area contributed by atoms with E-state index in [4.69, 9.17) is 21.9 Å². The molecule has 0 N–H and O–H groups in total. The van der Waals surface area contributed by atoms with E-state index in [9.17, 15) is 9.59 Å². The highest BCUT2D eigenvalue weighted by Crippen LogP contribution is 2.47. The molecule has 5 aromatic heterocycles. The number of ether oxygens (including phenoxy) is 1. The number of rotatable bonds is 5. The lowest BCUT2D eigenvalue weighted by Gasteiger charge is -2.09. The molecule has 8 rings (SSSR count). The average molecular weight is 671 g/mol. The van der Waals surface area contributed by atoms with E-state index in [1.807, 2.05) is 61.5 Å². The van der Waals surface area contributed by atoms with Gasteiger partial charge < -0.3 is 4.74 Å². The van der Waals surface area contributed by atoms with Gasteiger partial charge in [-0.2, -0.15) is 8.75 Å². The Bertz CT molecular complexity index is 2330. The maximum atomic E-state index is 13.7. The molecule has 14 heteroatoms. The fourth-order valence-corrected chi connectivity index (χ4v) is 9.49. The summed E-state index contributed by atoms with van der Waals surface area (Å²) >= 11 is 10.8. The van der Waals surface area contributed by atoms with Crippen molar-refractivity contribution < 1.29 is 14.3 Å². The van der Waals surface area contributed by atoms with Gasteiger partial charge in [-0.3, -0.25) is 14.7 Å². The van der Waals surface area contributed by atoms with Crippen LogP contribution in [0.4, 0.5) is 10.5 Å². The molecule has 2 aromatic carbocycles. The van der Waals surface area contributed by atoms with Gasteiger partial charge in [0.15, 0.2) is 5.04 Å². The van der Waals surface area contributed by atoms with Crippen LogP contribution in [-0.4, -0.2) is 51.1 Å². The Labute approximate surface area is 271 Å². The third kappa shape index (κ3) is 4.36. The molecule has 0 atom stereocenters. The number of amides is 1. The van der Waals surface area contributed by atoms with Gasteiger partial charge in [0.25, 0.3) is 5.91 Å². The number of fused-ring (bicyclic) bond motifs is 6. The summed E-state index contributed by atoms with van der Waals surface area (Å²) in [7, 11) is 0. The minimum absolute atomic E-state index is 0.165. The second-order valence-corrected chi connectivity index (χ2v) is 14.0. The molecule has 1 saturated heterocycles. The molecule has 7 aromatic rings. The van der Waals surface area contributed by atoms with Crippen molar-refractivity contribution in [1.29, 1.82) is 0 Å². The summed E-state index contributed by atoms with van der Waals surface area (Å²) in [6.45, 7) is 2.52. The zero-order chi connectivity index (χ0) is 29.9. The SMILES string of the molecule is CCN1C(=O)/C(=N\c2cnc(-c3cc4c(s3)c3sc5ccccc5c3n4C(=O)OCc3ccccc3)c3nsnc23)SC1=S. The lowest BCUT2D eigenvalue weighted by atomic mass is 10.2. The molecule has 9 nitrogen and oxygen atoms in total. The molecule has 6 heterocycles. The number of thioether (sulfide) groups is 1. The number of nitrogens with zero attached hydrogens (tertiary/aromatic N) is 6. The number of aromatic nitrogens is 4. The standard InChI is InChI=1S/C30H18N6O3S5/c1-2-35-28(37)27(43-30(35)40)32-17-13-31-22(23-21(17)33-44-34-23)20-12-18-25(42-20)26-24(16-10-6-7-11-19(16)41-26)36(18)29(38)39-14-15-8-4-3-5-9-15/h3-13H,2,14H2,1H3/b32-27+. The zero-order valence-corrected chi connectivity index (χ0v) is 26.8. The Hall–Kier alpha value is -4.08. The number of thiocarbonyl (C=S) groups is 1. The Morgan fingerprint density at radius 3 is 2.64 bits per heavy atom. The van der Waals surface area contributed by atoms with Crippen molar-refractivity contribution in [2.75, 3.05) is 6.54 Å². The highest BCUT2D eigenvalue weighted by atomic mass is 32.2. The maximum absolute atomic E-state index is 13.7. The van der Waals surface area contributed by atoms with Gasteiger partial charge in [-0.25, -0.2) is 14.4 Å². The molecule has 0 saturated carbocycles. The van der Waals surface area contributed by atoms with Crippen LogP contribution in [-0.2, 0) is 16.1 Å². The van der Waals surface area contributed by atoms with Gasteiger partial charge in [0.2, 0.25) is 0 Å². The number of hydrogen-bond donors (Lipinski definition) is 0. The van der Waals surface area contributed by atoms with E-state index >= 15 is 0 Å². The van der Waals surface area contributed by atoms with Crippen LogP contribution >= 0.6 is 58.4 Å². The topological polar surface area (TPSA) is 103 Å². The van der Waals surface area contributed by atoms with Crippen LogP contribution in [0, 0.1) is 0 Å². The van der Waals surface area contributed by atoms with Crippen molar-refractivity contribution >= 4 is 127 Å². The molecule has 216 valence electrons. The zero-order valence-electron chi connectivity index (χ0n) is 22.7. The number of hydrogen-bond acceptors (Lipinski definition) is 12. The first-order valence-electron chi connectivity index (χ1n) is 13.4. The molecule has 44 heavy (non-hydrogen) atoms. The smallest absolute Gasteiger partial charge is 0.419 e. The normalized spacial score (nSPS) is 14.8. The number of aliphatic imine (C=N–C) groups is 1. The quantitative estimate of drug-likeness (QED) is 0.169. The second-order valence-electron chi connectivity index (χ2n) is 9.76. The van der Waals surface area contributed by atoms with Gasteiger partial charge in [-0.05, 0) is 36.4 Å². The minimum atomic E-state index is -0.445. The van der Waals surface area contributed by atoms with Crippen LogP contribution in [0.1, 0.15) is 12.5 Å². The fraction of sp³-hybridized carbons (Fsp3) is 0.100. The Kier molecular flexibility index (Phi) is 6.75. The van der Waals surface area contributed by atoms with Crippen LogP contribution in [0.3, 0.4) is 0 Å². The molecule has 1 amide bonds. The van der Waals surface area contributed by atoms with E-state index in [1.165, 1.54) is 16.7 Å². The highest BCUT2D eigenvalue weighted by Gasteiger charge is 2.33. The van der Waals surface area contributed by atoms with E-state index in [0.29, 0.717) is 33.3 Å². The van der Waals surface area contributed by atoms with Crippen LogP contribution in [0.5, 0.6) is 0 Å². The van der Waals surface area contributed by atoms with E-state index < -0.39 is 6.09 Å². The van der Waals surface area contributed by atoms with E-state index in [1.54, 1.807) is 33.4 Å². The summed E-state index contributed by atoms with van der Waals surface area (Å²) in [6.07, 6.45) is 1.17. The molecule has 1 aliphatic rings. The fourth-order valence-electron chi connectivity index (χ4n) is 5.18. The van der Waals surface area contributed by atoms with Gasteiger partial charge in [-0.1, -0.05) is 60.7 Å². The lowest BCUT2D eigenvalue weighted by Crippen LogP contribution is -2.29. The first-order valence-corrected chi connectivity index (χ1v) is 17.0. The maximum Gasteiger partial charge on any atom is 0.419 e. The van der Waals surface area contributed by atoms with Gasteiger partial charge in [0.05, 0.1) is 43.2 Å². The molecule has 0 radical (unpaired) electrons. The van der Waals surface area contributed by atoms with Crippen LogP contribution in [0.15, 0.2) is 71.9 Å². The molecule has 1 fully saturated rings. The van der Waals surface area contributed by atoms with Crippen molar-refractivity contribution in [3.05, 3.63) is 72.4 Å². The highest BCUT2D eigenvalue weighted by molar-refractivity contribution is 8.35. The average Bonchev–Trinajstić information content (AvgIpc) is 3.85. The molecule has 0 spiro atoms. The number of thiophene rings is 2. The van der Waals surface area contributed by atoms with Gasteiger partial charge in [0, 0.05) is 16.6 Å². The number of carbonyl (C=O) groups excluding carboxylic acids is 2. The molecule has 0 aliphatic carbocycles. The van der Waals surface area contributed by atoms with Crippen molar-refractivity contribution in [2.45, 2.75) is 13.5 Å². The Morgan fingerprint density at radius 1 is 1.02 bits per heavy atom. The lowest BCUT2D eigenvalue weighted by molar-refractivity contribution is -0.119. The second kappa shape index (κ2) is 10.8. The summed E-state index contributed by atoms with van der Waals surface area (Å²) in [5.74, 6) is -0.226. The molecular weight excluding hydrogens is 653 g/mol. The first-order chi connectivity index (χ1) is 21.5. The predicted molar refractivity (Wildman–Crippen MR) is 184 cm³/mol. The van der Waals surface area contributed by atoms with Crippen LogP contribution in [0.25, 0.3) is 52.1 Å². The number of pyridine rings is 1. The van der Waals surface area contributed by atoms with Crippen LogP contribution < -0.4 is 0 Å². The molecule has 0 unspecified atom stereocenters. The van der Waals surface area contributed by atoms with Crippen molar-refractivity contribution in [3.8, 4) is 10.6 Å². The number of carbonyl (C=O) groups is 2. The third-order valence-electron chi connectivity index (χ3n) is 7.22. The summed E-state index contributed by atoms with van der Waals surface area (Å²) in [5.41, 5.74) is 4.72. The first kappa shape index (κ1) is 27.5. The van der Waals surface area contributed by atoms with Gasteiger partial charge in [-0.15, -0.1) is 22.7 Å². The predicted octanol–water partition coefficient (Wildman–Crippen LogP) is 8.23. The van der Waals surface area contributed by atoms with Crippen LogP contribution in [0.2, 0.25) is 0 Å². The van der Waals surface area contributed by atoms with Crippen molar-refractivity contribution in [2.24, 2.45) is 4.99 Å². The van der Waals surface area contributed by atoms with Gasteiger partial charge in [0.1, 0.15) is 33.3 Å². The molecule has 0 bridgehead atoms. The number of benzene rings is 2. The van der Waals surface area contributed by atoms with E-state index in [2.05, 4.69) is 19.8 Å². The largest absolute Gasteiger partial charge is 0.444 e. The Balaban J connectivity index is 1.25. The summed E-state index contributed by atoms with van der Waals surface area (Å²) < 4.78 is 20.1. The Morgan fingerprint density at radius 2 is 1.82 bits per heavy atom. The third-order valence-corrected chi connectivity index (χ3v) is 11.5.